The number of aliphatic hydroxyl groups is 1. The Morgan fingerprint density at radius 1 is 1.24 bits per heavy atom. The minimum absolute atomic E-state index is 0.104. The molecule has 1 aromatic carbocycles. The molecule has 136 valence electrons. The number of rotatable bonds is 9. The molecule has 0 radical (unpaired) electrons. The fourth-order valence-electron chi connectivity index (χ4n) is 2.37. The van der Waals surface area contributed by atoms with E-state index in [2.05, 4.69) is 5.32 Å². The van der Waals surface area contributed by atoms with Gasteiger partial charge in [0, 0.05) is 19.3 Å². The van der Waals surface area contributed by atoms with Gasteiger partial charge in [-0.2, -0.15) is 0 Å². The molecule has 0 saturated carbocycles. The molecule has 0 bridgehead atoms. The van der Waals surface area contributed by atoms with E-state index in [1.165, 1.54) is 12.0 Å². The van der Waals surface area contributed by atoms with Crippen LogP contribution in [0.4, 0.5) is 5.69 Å². The minimum Gasteiger partial charge on any atom is -0.491 e. The Labute approximate surface area is 146 Å². The lowest BCUT2D eigenvalue weighted by Crippen LogP contribution is -2.31. The summed E-state index contributed by atoms with van der Waals surface area (Å²) in [4.78, 5) is 25.7. The number of aliphatic hydroxyl groups excluding tert-OH is 1. The molecular weight excluding hydrogens is 328 g/mol. The van der Waals surface area contributed by atoms with E-state index in [0.29, 0.717) is 24.7 Å². The van der Waals surface area contributed by atoms with Gasteiger partial charge in [0.1, 0.15) is 18.1 Å². The lowest BCUT2D eigenvalue weighted by atomic mass is 10.2. The van der Waals surface area contributed by atoms with E-state index in [4.69, 9.17) is 19.3 Å². The molecule has 2 rings (SSSR count). The fourth-order valence-corrected chi connectivity index (χ4v) is 2.37. The van der Waals surface area contributed by atoms with Crippen molar-refractivity contribution in [3.8, 4) is 5.75 Å². The summed E-state index contributed by atoms with van der Waals surface area (Å²) in [7, 11) is 2.86. The van der Waals surface area contributed by atoms with E-state index in [0.717, 1.165) is 0 Å². The number of hydrogen-bond donors (Lipinski definition) is 2. The highest BCUT2D eigenvalue weighted by molar-refractivity contribution is 6.08. The first-order valence-corrected chi connectivity index (χ1v) is 7.81. The van der Waals surface area contributed by atoms with Gasteiger partial charge in [0.05, 0.1) is 32.4 Å². The van der Waals surface area contributed by atoms with Crippen LogP contribution in [-0.2, 0) is 19.1 Å². The van der Waals surface area contributed by atoms with Crippen LogP contribution in [0.2, 0.25) is 0 Å². The predicted octanol–water partition coefficient (Wildman–Crippen LogP) is 0.385. The van der Waals surface area contributed by atoms with E-state index in [-0.39, 0.29) is 36.9 Å². The highest BCUT2D eigenvalue weighted by atomic mass is 16.5. The molecule has 8 nitrogen and oxygen atoms in total. The fraction of sp³-hybridized carbons (Fsp3) is 0.412. The number of hydrogen-bond acceptors (Lipinski definition) is 7. The van der Waals surface area contributed by atoms with Gasteiger partial charge in [-0.15, -0.1) is 0 Å². The molecule has 0 aromatic heterocycles. The summed E-state index contributed by atoms with van der Waals surface area (Å²) in [5.74, 6) is -0.255. The number of β-amino-alcohol motifs (C(OH)–C–C–N with tert-alkyl or cyclic N) is 1. The van der Waals surface area contributed by atoms with E-state index in [9.17, 15) is 9.59 Å². The zero-order chi connectivity index (χ0) is 18.2. The Morgan fingerprint density at radius 3 is 2.56 bits per heavy atom. The van der Waals surface area contributed by atoms with Crippen molar-refractivity contribution in [3.05, 3.63) is 35.5 Å². The number of methoxy groups -OCH3 is 2. The summed E-state index contributed by atoms with van der Waals surface area (Å²) < 4.78 is 15.1. The maximum atomic E-state index is 12.4. The van der Waals surface area contributed by atoms with Crippen LogP contribution in [0.25, 0.3) is 0 Å². The first-order chi connectivity index (χ1) is 12.1. The van der Waals surface area contributed by atoms with Crippen LogP contribution >= 0.6 is 0 Å². The zero-order valence-electron chi connectivity index (χ0n) is 14.3. The molecule has 0 atom stereocenters. The van der Waals surface area contributed by atoms with Gasteiger partial charge in [-0.25, -0.2) is 4.79 Å². The van der Waals surface area contributed by atoms with Crippen LogP contribution in [0, 0.1) is 0 Å². The van der Waals surface area contributed by atoms with Crippen LogP contribution < -0.4 is 10.1 Å². The molecule has 0 fully saturated rings. The first kappa shape index (κ1) is 18.8. The van der Waals surface area contributed by atoms with Crippen molar-refractivity contribution in [3.63, 3.8) is 0 Å². The third-order valence-electron chi connectivity index (χ3n) is 3.63. The second-order valence-corrected chi connectivity index (χ2v) is 5.29. The molecule has 1 aliphatic rings. The third kappa shape index (κ3) is 4.71. The molecule has 0 saturated heterocycles. The number of carbonyl (C=O) groups excluding carboxylic acids is 2. The van der Waals surface area contributed by atoms with Crippen LogP contribution in [0.3, 0.4) is 0 Å². The van der Waals surface area contributed by atoms with Crippen molar-refractivity contribution < 1.29 is 28.9 Å². The quantitative estimate of drug-likeness (QED) is 0.491. The van der Waals surface area contributed by atoms with E-state index in [1.807, 2.05) is 0 Å². The monoisotopic (exact) mass is 350 g/mol. The summed E-state index contributed by atoms with van der Waals surface area (Å²) in [6.07, 6.45) is 0. The normalized spacial score (nSPS) is 14.0. The van der Waals surface area contributed by atoms with Crippen molar-refractivity contribution >= 4 is 17.6 Å². The number of carbonyl (C=O) groups is 2. The highest BCUT2D eigenvalue weighted by Gasteiger charge is 2.34. The summed E-state index contributed by atoms with van der Waals surface area (Å²) in [5, 5.41) is 12.0. The van der Waals surface area contributed by atoms with Gasteiger partial charge in [0.25, 0.3) is 5.91 Å². The zero-order valence-corrected chi connectivity index (χ0v) is 14.3. The largest absolute Gasteiger partial charge is 0.491 e. The van der Waals surface area contributed by atoms with Gasteiger partial charge in [-0.1, -0.05) is 0 Å². The Kier molecular flexibility index (Phi) is 6.79. The Morgan fingerprint density at radius 2 is 1.96 bits per heavy atom. The molecular formula is C17H22N2O6. The minimum atomic E-state index is -0.573. The van der Waals surface area contributed by atoms with Gasteiger partial charge in [0.15, 0.2) is 0 Å². The number of esters is 1. The number of benzene rings is 1. The van der Waals surface area contributed by atoms with Gasteiger partial charge >= 0.3 is 5.97 Å². The SMILES string of the molecule is COCCOc1ccc(NC2=C(C(=O)OC)CN(CCO)C2=O)cc1. The van der Waals surface area contributed by atoms with Gasteiger partial charge in [0.2, 0.25) is 0 Å². The number of nitrogens with zero attached hydrogens (tertiary/aromatic N) is 1. The van der Waals surface area contributed by atoms with Crippen LogP contribution in [0.5, 0.6) is 5.75 Å². The highest BCUT2D eigenvalue weighted by Crippen LogP contribution is 2.24. The standard InChI is InChI=1S/C17H22N2O6/c1-23-9-10-25-13-5-3-12(4-6-13)18-15-14(17(22)24-2)11-19(7-8-20)16(15)21/h3-6,18,20H,7-11H2,1-2H3. The Bertz CT molecular complexity index is 641. The average Bonchev–Trinajstić information content (AvgIpc) is 2.93. The molecule has 1 amide bonds. The molecule has 1 aliphatic heterocycles. The second-order valence-electron chi connectivity index (χ2n) is 5.29. The van der Waals surface area contributed by atoms with Crippen LogP contribution in [0.1, 0.15) is 0 Å². The molecule has 8 heteroatoms. The molecule has 0 aliphatic carbocycles. The van der Waals surface area contributed by atoms with Crippen LogP contribution in [-0.4, -0.2) is 69.0 Å². The van der Waals surface area contributed by atoms with Gasteiger partial charge in [-0.05, 0) is 24.3 Å². The third-order valence-corrected chi connectivity index (χ3v) is 3.63. The first-order valence-electron chi connectivity index (χ1n) is 7.81. The van der Waals surface area contributed by atoms with Crippen molar-refractivity contribution in [2.45, 2.75) is 0 Å². The average molecular weight is 350 g/mol. The van der Waals surface area contributed by atoms with E-state index in [1.54, 1.807) is 31.4 Å². The number of anilines is 1. The number of ether oxygens (including phenoxy) is 3. The van der Waals surface area contributed by atoms with Crippen molar-refractivity contribution in [2.24, 2.45) is 0 Å². The summed E-state index contributed by atoms with van der Waals surface area (Å²) in [6, 6.07) is 6.99. The Hall–Kier alpha value is -2.58. The predicted molar refractivity (Wildman–Crippen MR) is 90.1 cm³/mol. The Balaban J connectivity index is 2.12. The maximum Gasteiger partial charge on any atom is 0.337 e. The lowest BCUT2D eigenvalue weighted by molar-refractivity contribution is -0.136. The molecule has 2 N–H and O–H groups in total. The van der Waals surface area contributed by atoms with E-state index < -0.39 is 5.97 Å². The second kappa shape index (κ2) is 9.05. The molecule has 1 heterocycles. The lowest BCUT2D eigenvalue weighted by Gasteiger charge is -2.15. The summed E-state index contributed by atoms with van der Waals surface area (Å²) in [5.41, 5.74) is 1.03. The van der Waals surface area contributed by atoms with E-state index >= 15 is 0 Å². The summed E-state index contributed by atoms with van der Waals surface area (Å²) in [6.45, 7) is 1.00. The summed E-state index contributed by atoms with van der Waals surface area (Å²) >= 11 is 0. The van der Waals surface area contributed by atoms with Gasteiger partial charge in [-0.3, -0.25) is 4.79 Å². The van der Waals surface area contributed by atoms with Crippen molar-refractivity contribution in [2.75, 3.05) is 52.4 Å². The number of nitrogens with one attached hydrogen (secondary N) is 1. The van der Waals surface area contributed by atoms with Crippen molar-refractivity contribution in [1.82, 2.24) is 4.90 Å². The smallest absolute Gasteiger partial charge is 0.337 e. The van der Waals surface area contributed by atoms with Crippen LogP contribution in [0.15, 0.2) is 35.5 Å². The maximum absolute atomic E-state index is 12.4. The molecule has 25 heavy (non-hydrogen) atoms. The number of amides is 1. The molecule has 0 spiro atoms. The molecule has 0 unspecified atom stereocenters. The molecule has 1 aromatic rings. The van der Waals surface area contributed by atoms with Crippen molar-refractivity contribution in [1.29, 1.82) is 0 Å². The topological polar surface area (TPSA) is 97.3 Å². The van der Waals surface area contributed by atoms with Gasteiger partial charge < -0.3 is 29.5 Å².